The van der Waals surface area contributed by atoms with E-state index in [0.717, 1.165) is 39.3 Å². The Hall–Kier alpha value is -3.18. The number of carbonyl (C=O) groups is 1. The van der Waals surface area contributed by atoms with Gasteiger partial charge in [0.25, 0.3) is 5.91 Å². The van der Waals surface area contributed by atoms with Crippen LogP contribution in [-0.4, -0.2) is 41.8 Å². The molecule has 0 bridgehead atoms. The topological polar surface area (TPSA) is 91.4 Å². The van der Waals surface area contributed by atoms with E-state index in [2.05, 4.69) is 29.7 Å². The standard InChI is InChI=1S/C26H24N4O3S3/c1-17-4-13-22-23(16-17)35-25(28-22)19-5-9-20(10-6-19)27-26(34)29-24(31)18-7-11-21(12-8-18)36(32,33)30-14-2-3-15-30/h4-13,16H,2-3,14-15H2,1H3,(H2,27,29,31,34). The van der Waals surface area contributed by atoms with Crippen molar-refractivity contribution in [2.24, 2.45) is 0 Å². The molecule has 1 aromatic heterocycles. The molecule has 4 aromatic rings. The number of amides is 1. The fourth-order valence-corrected chi connectivity index (χ4v) is 6.84. The first-order valence-corrected chi connectivity index (χ1v) is 14.2. The largest absolute Gasteiger partial charge is 0.332 e. The molecule has 1 fully saturated rings. The number of hydrogen-bond donors (Lipinski definition) is 2. The molecule has 1 amide bonds. The van der Waals surface area contributed by atoms with Crippen LogP contribution in [0.5, 0.6) is 0 Å². The maximum atomic E-state index is 12.7. The number of sulfonamides is 1. The third kappa shape index (κ3) is 5.17. The van der Waals surface area contributed by atoms with Crippen LogP contribution in [-0.2, 0) is 10.0 Å². The lowest BCUT2D eigenvalue weighted by atomic mass is 10.2. The third-order valence-corrected chi connectivity index (χ3v) is 9.16. The SMILES string of the molecule is Cc1ccc2nc(-c3ccc(NC(=S)NC(=O)c4ccc(S(=O)(=O)N5CCCC5)cc4)cc3)sc2c1. The minimum atomic E-state index is -3.52. The molecule has 1 aliphatic rings. The molecule has 2 heterocycles. The lowest BCUT2D eigenvalue weighted by Gasteiger charge is -2.15. The van der Waals surface area contributed by atoms with Gasteiger partial charge in [-0.1, -0.05) is 6.07 Å². The van der Waals surface area contributed by atoms with E-state index in [1.165, 1.54) is 34.1 Å². The minimum Gasteiger partial charge on any atom is -0.332 e. The van der Waals surface area contributed by atoms with Crippen LogP contribution < -0.4 is 10.6 Å². The summed E-state index contributed by atoms with van der Waals surface area (Å²) in [6, 6.07) is 19.8. The second-order valence-electron chi connectivity index (χ2n) is 8.61. The van der Waals surface area contributed by atoms with Crippen LogP contribution >= 0.6 is 23.6 Å². The van der Waals surface area contributed by atoms with Crippen molar-refractivity contribution in [2.75, 3.05) is 18.4 Å². The number of aromatic nitrogens is 1. The Morgan fingerprint density at radius 2 is 1.69 bits per heavy atom. The summed E-state index contributed by atoms with van der Waals surface area (Å²) in [5, 5.41) is 6.73. The summed E-state index contributed by atoms with van der Waals surface area (Å²) in [6.07, 6.45) is 1.74. The molecule has 0 aliphatic carbocycles. The Labute approximate surface area is 219 Å². The molecule has 0 unspecified atom stereocenters. The molecule has 184 valence electrons. The summed E-state index contributed by atoms with van der Waals surface area (Å²) < 4.78 is 27.9. The lowest BCUT2D eigenvalue weighted by Crippen LogP contribution is -2.34. The van der Waals surface area contributed by atoms with Gasteiger partial charge in [-0.15, -0.1) is 11.3 Å². The van der Waals surface area contributed by atoms with Crippen molar-refractivity contribution in [3.8, 4) is 10.6 Å². The molecule has 10 heteroatoms. The number of rotatable bonds is 5. The van der Waals surface area contributed by atoms with Crippen molar-refractivity contribution in [3.63, 3.8) is 0 Å². The van der Waals surface area contributed by atoms with Crippen molar-refractivity contribution in [1.29, 1.82) is 0 Å². The summed E-state index contributed by atoms with van der Waals surface area (Å²) in [7, 11) is -3.52. The van der Waals surface area contributed by atoms with Gasteiger partial charge in [-0.05, 0) is 98.2 Å². The van der Waals surface area contributed by atoms with E-state index in [4.69, 9.17) is 17.2 Å². The number of aryl methyl sites for hydroxylation is 1. The van der Waals surface area contributed by atoms with Crippen LogP contribution in [0.3, 0.4) is 0 Å². The molecule has 0 spiro atoms. The van der Waals surface area contributed by atoms with Gasteiger partial charge < -0.3 is 5.32 Å². The Morgan fingerprint density at radius 3 is 2.39 bits per heavy atom. The third-order valence-electron chi connectivity index (χ3n) is 5.98. The Kier molecular flexibility index (Phi) is 6.85. The number of thiocarbonyl (C=S) groups is 1. The van der Waals surface area contributed by atoms with Crippen LogP contribution in [0.4, 0.5) is 5.69 Å². The summed E-state index contributed by atoms with van der Waals surface area (Å²) in [6.45, 7) is 3.13. The average molecular weight is 537 g/mol. The van der Waals surface area contributed by atoms with Gasteiger partial charge in [-0.2, -0.15) is 4.31 Å². The highest BCUT2D eigenvalue weighted by Gasteiger charge is 2.27. The average Bonchev–Trinajstić information content (AvgIpc) is 3.55. The molecule has 2 N–H and O–H groups in total. The highest BCUT2D eigenvalue weighted by atomic mass is 32.2. The molecule has 0 radical (unpaired) electrons. The molecule has 1 aliphatic heterocycles. The van der Waals surface area contributed by atoms with Gasteiger partial charge in [0.05, 0.1) is 15.1 Å². The minimum absolute atomic E-state index is 0.150. The van der Waals surface area contributed by atoms with E-state index in [1.54, 1.807) is 11.3 Å². The molecular formula is C26H24N4O3S3. The first-order valence-electron chi connectivity index (χ1n) is 11.5. The maximum Gasteiger partial charge on any atom is 0.257 e. The fraction of sp³-hybridized carbons (Fsp3) is 0.192. The number of anilines is 1. The lowest BCUT2D eigenvalue weighted by molar-refractivity contribution is 0.0977. The molecular weight excluding hydrogens is 513 g/mol. The first kappa shape index (κ1) is 24.5. The van der Waals surface area contributed by atoms with E-state index >= 15 is 0 Å². The van der Waals surface area contributed by atoms with Crippen LogP contribution in [0.25, 0.3) is 20.8 Å². The van der Waals surface area contributed by atoms with Crippen molar-refractivity contribution < 1.29 is 13.2 Å². The van der Waals surface area contributed by atoms with E-state index in [1.807, 2.05) is 30.3 Å². The van der Waals surface area contributed by atoms with E-state index in [-0.39, 0.29) is 10.0 Å². The zero-order chi connectivity index (χ0) is 25.3. The number of thiazole rings is 1. The van der Waals surface area contributed by atoms with Crippen molar-refractivity contribution >= 4 is 60.5 Å². The van der Waals surface area contributed by atoms with Gasteiger partial charge in [0.15, 0.2) is 5.11 Å². The summed E-state index contributed by atoms with van der Waals surface area (Å²) >= 11 is 6.94. The van der Waals surface area contributed by atoms with Crippen LogP contribution in [0.15, 0.2) is 71.6 Å². The predicted molar refractivity (Wildman–Crippen MR) is 148 cm³/mol. The molecule has 36 heavy (non-hydrogen) atoms. The number of nitrogens with zero attached hydrogens (tertiary/aromatic N) is 2. The number of fused-ring (bicyclic) bond motifs is 1. The number of nitrogens with one attached hydrogen (secondary N) is 2. The van der Waals surface area contributed by atoms with Gasteiger partial charge in [-0.3, -0.25) is 10.1 Å². The Balaban J connectivity index is 1.20. The highest BCUT2D eigenvalue weighted by molar-refractivity contribution is 7.89. The second kappa shape index (κ2) is 10.1. The van der Waals surface area contributed by atoms with E-state index in [9.17, 15) is 13.2 Å². The Morgan fingerprint density at radius 1 is 1.00 bits per heavy atom. The quantitative estimate of drug-likeness (QED) is 0.342. The number of hydrogen-bond acceptors (Lipinski definition) is 6. The smallest absolute Gasteiger partial charge is 0.257 e. The predicted octanol–water partition coefficient (Wildman–Crippen LogP) is 5.18. The van der Waals surface area contributed by atoms with Crippen molar-refractivity contribution in [1.82, 2.24) is 14.6 Å². The molecule has 0 saturated carbocycles. The summed E-state index contributed by atoms with van der Waals surface area (Å²) in [5.74, 6) is -0.418. The van der Waals surface area contributed by atoms with E-state index < -0.39 is 15.9 Å². The molecule has 0 atom stereocenters. The normalized spacial score (nSPS) is 14.1. The van der Waals surface area contributed by atoms with Gasteiger partial charge in [0, 0.05) is 29.9 Å². The van der Waals surface area contributed by atoms with Crippen molar-refractivity contribution in [2.45, 2.75) is 24.7 Å². The Bertz CT molecular complexity index is 1540. The van der Waals surface area contributed by atoms with Crippen molar-refractivity contribution in [3.05, 3.63) is 77.9 Å². The van der Waals surface area contributed by atoms with Gasteiger partial charge in [-0.25, -0.2) is 13.4 Å². The van der Waals surface area contributed by atoms with Crippen LogP contribution in [0.1, 0.15) is 28.8 Å². The van der Waals surface area contributed by atoms with Gasteiger partial charge >= 0.3 is 0 Å². The maximum absolute atomic E-state index is 12.7. The van der Waals surface area contributed by atoms with Crippen LogP contribution in [0, 0.1) is 6.92 Å². The molecule has 5 rings (SSSR count). The monoisotopic (exact) mass is 536 g/mol. The molecule has 3 aromatic carbocycles. The molecule has 7 nitrogen and oxygen atoms in total. The number of carbonyl (C=O) groups excluding carboxylic acids is 1. The molecule has 1 saturated heterocycles. The fourth-order valence-electron chi connectivity index (χ4n) is 4.04. The van der Waals surface area contributed by atoms with Gasteiger partial charge in [0.1, 0.15) is 5.01 Å². The zero-order valence-corrected chi connectivity index (χ0v) is 22.0. The van der Waals surface area contributed by atoms with Gasteiger partial charge in [0.2, 0.25) is 10.0 Å². The van der Waals surface area contributed by atoms with E-state index in [0.29, 0.717) is 18.7 Å². The highest BCUT2D eigenvalue weighted by Crippen LogP contribution is 2.31. The zero-order valence-electron chi connectivity index (χ0n) is 19.5. The first-order chi connectivity index (χ1) is 17.3. The summed E-state index contributed by atoms with van der Waals surface area (Å²) in [4.78, 5) is 17.5. The van der Waals surface area contributed by atoms with Crippen LogP contribution in [0.2, 0.25) is 0 Å². The summed E-state index contributed by atoms with van der Waals surface area (Å²) in [5.41, 5.74) is 4.23. The second-order valence-corrected chi connectivity index (χ2v) is 12.0. The number of benzene rings is 3.